The number of hydrogen-bond acceptors (Lipinski definition) is 5. The van der Waals surface area contributed by atoms with Gasteiger partial charge >= 0.3 is 0 Å². The number of carbonyl (C=O) groups excluding carboxylic acids is 1. The maximum Gasteiger partial charge on any atom is 0.292 e. The average molecular weight is 364 g/mol. The molecule has 1 N–H and O–H groups in total. The zero-order valence-corrected chi connectivity index (χ0v) is 15.2. The van der Waals surface area contributed by atoms with Gasteiger partial charge in [0.25, 0.3) is 11.5 Å². The Balaban J connectivity index is 1.82. The highest BCUT2D eigenvalue weighted by molar-refractivity contribution is 6.04. The molecule has 0 aliphatic heterocycles. The van der Waals surface area contributed by atoms with E-state index in [4.69, 9.17) is 4.74 Å². The molecule has 0 radical (unpaired) electrons. The number of carbonyl (C=O) groups is 1. The van der Waals surface area contributed by atoms with Crippen LogP contribution in [-0.4, -0.2) is 28.5 Å². The molecule has 0 fully saturated rings. The lowest BCUT2D eigenvalue weighted by atomic mass is 10.1. The number of benzene rings is 2. The van der Waals surface area contributed by atoms with E-state index < -0.39 is 5.91 Å². The molecular formula is C20H20N4O3. The molecular weight excluding hydrogens is 344 g/mol. The van der Waals surface area contributed by atoms with E-state index in [1.165, 1.54) is 10.9 Å². The minimum Gasteiger partial charge on any atom is -0.494 e. The summed E-state index contributed by atoms with van der Waals surface area (Å²) in [7, 11) is 0. The first-order valence-corrected chi connectivity index (χ1v) is 8.70. The Labute approximate surface area is 156 Å². The molecule has 1 amide bonds. The maximum atomic E-state index is 12.5. The van der Waals surface area contributed by atoms with Gasteiger partial charge in [-0.1, -0.05) is 18.2 Å². The lowest BCUT2D eigenvalue weighted by Gasteiger charge is -2.08. The SMILES string of the molecule is CCOc1ccc(/C=N\NC(=O)c2nn(CC)c(=O)c3ccccc23)cc1. The Kier molecular flexibility index (Phi) is 5.61. The Morgan fingerprint density at radius 2 is 1.85 bits per heavy atom. The largest absolute Gasteiger partial charge is 0.494 e. The number of nitrogens with one attached hydrogen (secondary N) is 1. The monoisotopic (exact) mass is 364 g/mol. The fraction of sp³-hybridized carbons (Fsp3) is 0.200. The Hall–Kier alpha value is -3.48. The van der Waals surface area contributed by atoms with Gasteiger partial charge < -0.3 is 4.74 Å². The molecule has 3 rings (SSSR count). The number of rotatable bonds is 6. The predicted molar refractivity (Wildman–Crippen MR) is 104 cm³/mol. The van der Waals surface area contributed by atoms with Crippen LogP contribution < -0.4 is 15.7 Å². The van der Waals surface area contributed by atoms with E-state index in [1.807, 2.05) is 31.2 Å². The van der Waals surface area contributed by atoms with Crippen LogP contribution in [0.4, 0.5) is 0 Å². The quantitative estimate of drug-likeness (QED) is 0.538. The van der Waals surface area contributed by atoms with Gasteiger partial charge in [0.15, 0.2) is 5.69 Å². The molecule has 3 aromatic rings. The third kappa shape index (κ3) is 4.03. The molecule has 0 bridgehead atoms. The molecule has 7 heteroatoms. The smallest absolute Gasteiger partial charge is 0.292 e. The van der Waals surface area contributed by atoms with E-state index in [9.17, 15) is 9.59 Å². The van der Waals surface area contributed by atoms with E-state index in [0.29, 0.717) is 23.9 Å². The van der Waals surface area contributed by atoms with Gasteiger partial charge in [-0.3, -0.25) is 9.59 Å². The summed E-state index contributed by atoms with van der Waals surface area (Å²) in [4.78, 5) is 24.9. The lowest BCUT2D eigenvalue weighted by Crippen LogP contribution is -2.28. The molecule has 0 saturated carbocycles. The van der Waals surface area contributed by atoms with Gasteiger partial charge in [0.2, 0.25) is 0 Å². The minimum absolute atomic E-state index is 0.163. The molecule has 2 aromatic carbocycles. The summed E-state index contributed by atoms with van der Waals surface area (Å²) >= 11 is 0. The van der Waals surface area contributed by atoms with Crippen molar-refractivity contribution < 1.29 is 9.53 Å². The number of aryl methyl sites for hydroxylation is 1. The van der Waals surface area contributed by atoms with Crippen LogP contribution in [-0.2, 0) is 6.54 Å². The third-order valence-electron chi connectivity index (χ3n) is 3.95. The highest BCUT2D eigenvalue weighted by Crippen LogP contribution is 2.13. The summed E-state index contributed by atoms with van der Waals surface area (Å²) in [5.74, 6) is 0.298. The van der Waals surface area contributed by atoms with Crippen LogP contribution in [0.5, 0.6) is 5.75 Å². The number of nitrogens with zero attached hydrogens (tertiary/aromatic N) is 3. The van der Waals surface area contributed by atoms with Gasteiger partial charge in [0.1, 0.15) is 5.75 Å². The highest BCUT2D eigenvalue weighted by atomic mass is 16.5. The fourth-order valence-corrected chi connectivity index (χ4v) is 2.65. The topological polar surface area (TPSA) is 85.6 Å². The number of fused-ring (bicyclic) bond motifs is 1. The minimum atomic E-state index is -0.476. The molecule has 1 heterocycles. The second-order valence-electron chi connectivity index (χ2n) is 5.72. The second kappa shape index (κ2) is 8.27. The molecule has 0 aliphatic rings. The van der Waals surface area contributed by atoms with E-state index in [2.05, 4.69) is 15.6 Å². The van der Waals surface area contributed by atoms with Crippen molar-refractivity contribution in [2.75, 3.05) is 6.61 Å². The average Bonchev–Trinajstić information content (AvgIpc) is 2.70. The summed E-state index contributed by atoms with van der Waals surface area (Å²) in [6.07, 6.45) is 1.53. The van der Waals surface area contributed by atoms with Crippen molar-refractivity contribution in [3.8, 4) is 5.75 Å². The first-order chi connectivity index (χ1) is 13.1. The number of amides is 1. The first-order valence-electron chi connectivity index (χ1n) is 8.70. The number of hydrogen-bond donors (Lipinski definition) is 1. The Bertz CT molecular complexity index is 1040. The van der Waals surface area contributed by atoms with Crippen molar-refractivity contribution >= 4 is 22.9 Å². The summed E-state index contributed by atoms with van der Waals surface area (Å²) in [5, 5.41) is 9.12. The van der Waals surface area contributed by atoms with Crippen molar-refractivity contribution in [2.45, 2.75) is 20.4 Å². The lowest BCUT2D eigenvalue weighted by molar-refractivity contribution is 0.0949. The second-order valence-corrected chi connectivity index (χ2v) is 5.72. The van der Waals surface area contributed by atoms with Crippen molar-refractivity contribution in [3.05, 3.63) is 70.1 Å². The summed E-state index contributed by atoms with van der Waals surface area (Å²) < 4.78 is 6.65. The normalized spacial score (nSPS) is 11.0. The number of hydrazone groups is 1. The van der Waals surface area contributed by atoms with Crippen LogP contribution in [0.2, 0.25) is 0 Å². The highest BCUT2D eigenvalue weighted by Gasteiger charge is 2.15. The van der Waals surface area contributed by atoms with E-state index >= 15 is 0 Å². The molecule has 0 saturated heterocycles. The standard InChI is InChI=1S/C20H20N4O3/c1-3-24-20(26)17-8-6-5-7-16(17)18(23-24)19(25)22-21-13-14-9-11-15(12-10-14)27-4-2/h5-13H,3-4H2,1-2H3,(H,22,25)/b21-13-. The zero-order valence-electron chi connectivity index (χ0n) is 15.2. The van der Waals surface area contributed by atoms with Crippen LogP contribution in [0, 0.1) is 0 Å². The van der Waals surface area contributed by atoms with Crippen LogP contribution in [0.15, 0.2) is 58.4 Å². The van der Waals surface area contributed by atoms with Gasteiger partial charge in [-0.25, -0.2) is 10.1 Å². The van der Waals surface area contributed by atoms with E-state index in [-0.39, 0.29) is 11.3 Å². The molecule has 0 spiro atoms. The molecule has 27 heavy (non-hydrogen) atoms. The molecule has 0 unspecified atom stereocenters. The van der Waals surface area contributed by atoms with Crippen LogP contribution in [0.25, 0.3) is 10.8 Å². The Morgan fingerprint density at radius 3 is 2.52 bits per heavy atom. The van der Waals surface area contributed by atoms with Crippen LogP contribution >= 0.6 is 0 Å². The maximum absolute atomic E-state index is 12.5. The predicted octanol–water partition coefficient (Wildman–Crippen LogP) is 2.58. The first kappa shape index (κ1) is 18.3. The van der Waals surface area contributed by atoms with Crippen molar-refractivity contribution in [1.29, 1.82) is 0 Å². The fourth-order valence-electron chi connectivity index (χ4n) is 2.65. The van der Waals surface area contributed by atoms with E-state index in [1.54, 1.807) is 31.2 Å². The van der Waals surface area contributed by atoms with Gasteiger partial charge in [-0.05, 0) is 49.7 Å². The van der Waals surface area contributed by atoms with Crippen LogP contribution in [0.1, 0.15) is 29.9 Å². The number of aromatic nitrogens is 2. The van der Waals surface area contributed by atoms with Gasteiger partial charge in [-0.2, -0.15) is 10.2 Å². The van der Waals surface area contributed by atoms with Gasteiger partial charge in [-0.15, -0.1) is 0 Å². The zero-order chi connectivity index (χ0) is 19.2. The molecule has 1 aromatic heterocycles. The summed E-state index contributed by atoms with van der Waals surface area (Å²) in [6.45, 7) is 4.70. The summed E-state index contributed by atoms with van der Waals surface area (Å²) in [6, 6.07) is 14.3. The van der Waals surface area contributed by atoms with Gasteiger partial charge in [0.05, 0.1) is 18.2 Å². The third-order valence-corrected chi connectivity index (χ3v) is 3.95. The van der Waals surface area contributed by atoms with Crippen molar-refractivity contribution in [3.63, 3.8) is 0 Å². The number of ether oxygens (including phenoxy) is 1. The summed E-state index contributed by atoms with van der Waals surface area (Å²) in [5.41, 5.74) is 3.23. The van der Waals surface area contributed by atoms with Crippen LogP contribution in [0.3, 0.4) is 0 Å². The Morgan fingerprint density at radius 1 is 1.15 bits per heavy atom. The molecule has 138 valence electrons. The molecule has 7 nitrogen and oxygen atoms in total. The van der Waals surface area contributed by atoms with E-state index in [0.717, 1.165) is 11.3 Å². The van der Waals surface area contributed by atoms with Gasteiger partial charge in [0, 0.05) is 11.9 Å². The van der Waals surface area contributed by atoms with Crippen molar-refractivity contribution in [2.24, 2.45) is 5.10 Å². The molecule has 0 aliphatic carbocycles. The molecule has 0 atom stereocenters. The van der Waals surface area contributed by atoms with Crippen molar-refractivity contribution in [1.82, 2.24) is 15.2 Å².